The van der Waals surface area contributed by atoms with E-state index in [-0.39, 0.29) is 11.3 Å². The number of ether oxygens (including phenoxy) is 2. The van der Waals surface area contributed by atoms with Gasteiger partial charge in [0.2, 0.25) is 0 Å². The molecule has 0 bridgehead atoms. The van der Waals surface area contributed by atoms with Gasteiger partial charge in [-0.05, 0) is 25.1 Å². The number of rotatable bonds is 2. The number of fused-ring (bicyclic) bond motifs is 1. The number of hydrogen-bond acceptors (Lipinski definition) is 5. The van der Waals surface area contributed by atoms with Crippen LogP contribution in [0.3, 0.4) is 0 Å². The quantitative estimate of drug-likeness (QED) is 0.784. The van der Waals surface area contributed by atoms with Gasteiger partial charge in [0, 0.05) is 4.90 Å². The largest absolute Gasteiger partial charge is 0.449 e. The lowest BCUT2D eigenvalue weighted by Gasteiger charge is -2.25. The van der Waals surface area contributed by atoms with Crippen molar-refractivity contribution in [2.24, 2.45) is 5.92 Å². The number of anilines is 1. The number of amides is 1. The molecule has 1 amide bonds. The minimum atomic E-state index is -0.475. The zero-order chi connectivity index (χ0) is 14.1. The smallest absolute Gasteiger partial charge is 0.415 e. The Labute approximate surface area is 120 Å². The molecule has 0 aliphatic carbocycles. The third kappa shape index (κ3) is 2.06. The predicted molar refractivity (Wildman–Crippen MR) is 74.3 cm³/mol. The van der Waals surface area contributed by atoms with Crippen LogP contribution in [0.5, 0.6) is 0 Å². The molecule has 0 fully saturated rings. The van der Waals surface area contributed by atoms with Gasteiger partial charge < -0.3 is 9.47 Å². The molecular weight excluding hydrogens is 278 g/mol. The van der Waals surface area contributed by atoms with Gasteiger partial charge in [-0.3, -0.25) is 9.69 Å². The van der Waals surface area contributed by atoms with Crippen molar-refractivity contribution in [3.63, 3.8) is 0 Å². The molecule has 0 saturated heterocycles. The summed E-state index contributed by atoms with van der Waals surface area (Å²) in [4.78, 5) is 26.4. The molecule has 5 nitrogen and oxygen atoms in total. The summed E-state index contributed by atoms with van der Waals surface area (Å²) in [6.45, 7) is 2.05. The number of nitrogens with zero attached hydrogens (tertiary/aromatic N) is 1. The Morgan fingerprint density at radius 2 is 2.25 bits per heavy atom. The first-order valence-corrected chi connectivity index (χ1v) is 7.19. The SMILES string of the molecule is CCOC(=O)N1c2ccccc2SC1C1C=COC1=O. The Morgan fingerprint density at radius 1 is 1.45 bits per heavy atom. The molecule has 2 atom stereocenters. The van der Waals surface area contributed by atoms with E-state index in [1.807, 2.05) is 24.3 Å². The molecule has 1 aromatic rings. The maximum absolute atomic E-state index is 12.2. The maximum atomic E-state index is 12.2. The fourth-order valence-corrected chi connectivity index (χ4v) is 3.62. The van der Waals surface area contributed by atoms with E-state index in [4.69, 9.17) is 9.47 Å². The molecule has 2 aliphatic heterocycles. The first-order chi connectivity index (χ1) is 9.72. The molecule has 0 saturated carbocycles. The Kier molecular flexibility index (Phi) is 3.40. The van der Waals surface area contributed by atoms with Crippen LogP contribution in [0.15, 0.2) is 41.5 Å². The van der Waals surface area contributed by atoms with Gasteiger partial charge in [-0.2, -0.15) is 0 Å². The summed E-state index contributed by atoms with van der Waals surface area (Å²) in [6, 6.07) is 7.54. The molecule has 1 aromatic carbocycles. The fourth-order valence-electron chi connectivity index (χ4n) is 2.26. The molecule has 6 heteroatoms. The van der Waals surface area contributed by atoms with Crippen molar-refractivity contribution in [2.45, 2.75) is 17.2 Å². The van der Waals surface area contributed by atoms with Crippen LogP contribution in [0.1, 0.15) is 6.92 Å². The number of carbonyl (C=O) groups is 2. The van der Waals surface area contributed by atoms with Crippen LogP contribution in [-0.4, -0.2) is 24.0 Å². The standard InChI is InChI=1S/C14H13NO4S/c1-2-18-14(17)15-10-5-3-4-6-11(10)20-12(15)9-7-8-19-13(9)16/h3-9,12H,2H2,1H3. The lowest BCUT2D eigenvalue weighted by molar-refractivity contribution is -0.138. The highest BCUT2D eigenvalue weighted by molar-refractivity contribution is 8.00. The molecule has 20 heavy (non-hydrogen) atoms. The Bertz CT molecular complexity index is 586. The second-order valence-electron chi connectivity index (χ2n) is 4.34. The molecule has 0 N–H and O–H groups in total. The molecule has 3 rings (SSSR count). The van der Waals surface area contributed by atoms with E-state index in [0.29, 0.717) is 6.61 Å². The van der Waals surface area contributed by atoms with Gasteiger partial charge in [0.1, 0.15) is 11.3 Å². The van der Waals surface area contributed by atoms with Gasteiger partial charge in [0.15, 0.2) is 0 Å². The summed E-state index contributed by atoms with van der Waals surface area (Å²) in [7, 11) is 0. The molecule has 2 unspecified atom stereocenters. The van der Waals surface area contributed by atoms with Gasteiger partial charge in [-0.25, -0.2) is 4.79 Å². The van der Waals surface area contributed by atoms with E-state index in [1.165, 1.54) is 22.9 Å². The average molecular weight is 291 g/mol. The van der Waals surface area contributed by atoms with E-state index >= 15 is 0 Å². The van der Waals surface area contributed by atoms with Crippen LogP contribution in [0.4, 0.5) is 10.5 Å². The lowest BCUT2D eigenvalue weighted by atomic mass is 10.1. The Hall–Kier alpha value is -1.95. The molecule has 0 spiro atoms. The van der Waals surface area contributed by atoms with Crippen molar-refractivity contribution in [1.82, 2.24) is 0 Å². The monoisotopic (exact) mass is 291 g/mol. The summed E-state index contributed by atoms with van der Waals surface area (Å²) in [6.07, 6.45) is 2.61. The number of para-hydroxylation sites is 1. The highest BCUT2D eigenvalue weighted by Gasteiger charge is 2.44. The van der Waals surface area contributed by atoms with Gasteiger partial charge >= 0.3 is 12.1 Å². The lowest BCUT2D eigenvalue weighted by Crippen LogP contribution is -2.41. The van der Waals surface area contributed by atoms with Gasteiger partial charge in [0.05, 0.1) is 18.6 Å². The molecular formula is C14H13NO4S. The van der Waals surface area contributed by atoms with Crippen LogP contribution in [0.25, 0.3) is 0 Å². The summed E-state index contributed by atoms with van der Waals surface area (Å²) >= 11 is 1.47. The second-order valence-corrected chi connectivity index (χ2v) is 5.49. The number of cyclic esters (lactones) is 1. The minimum Gasteiger partial charge on any atom is -0.449 e. The highest BCUT2D eigenvalue weighted by Crippen LogP contribution is 2.47. The number of thioether (sulfide) groups is 1. The number of carbonyl (C=O) groups excluding carboxylic acids is 2. The van der Waals surface area contributed by atoms with Crippen LogP contribution in [-0.2, 0) is 14.3 Å². The van der Waals surface area contributed by atoms with Gasteiger partial charge in [-0.15, -0.1) is 0 Å². The first-order valence-electron chi connectivity index (χ1n) is 6.31. The number of hydrogen-bond donors (Lipinski definition) is 0. The minimum absolute atomic E-state index is 0.292. The molecule has 104 valence electrons. The van der Waals surface area contributed by atoms with Crippen molar-refractivity contribution in [2.75, 3.05) is 11.5 Å². The van der Waals surface area contributed by atoms with E-state index in [9.17, 15) is 9.59 Å². The first kappa shape index (κ1) is 13.1. The third-order valence-corrected chi connectivity index (χ3v) is 4.49. The fraction of sp³-hybridized carbons (Fsp3) is 0.286. The normalized spacial score (nSPS) is 23.6. The van der Waals surface area contributed by atoms with Crippen LogP contribution in [0, 0.1) is 5.92 Å². The second kappa shape index (κ2) is 5.20. The third-order valence-electron chi connectivity index (χ3n) is 3.14. The number of benzene rings is 1. The van der Waals surface area contributed by atoms with Crippen molar-refractivity contribution < 1.29 is 19.1 Å². The van der Waals surface area contributed by atoms with E-state index < -0.39 is 12.0 Å². The highest BCUT2D eigenvalue weighted by atomic mass is 32.2. The maximum Gasteiger partial charge on any atom is 0.415 e. The van der Waals surface area contributed by atoms with Crippen molar-refractivity contribution in [3.8, 4) is 0 Å². The zero-order valence-electron chi connectivity index (χ0n) is 10.8. The van der Waals surface area contributed by atoms with E-state index in [2.05, 4.69) is 0 Å². The summed E-state index contributed by atoms with van der Waals surface area (Å²) < 4.78 is 9.96. The summed E-state index contributed by atoms with van der Waals surface area (Å²) in [5, 5.41) is -0.363. The summed E-state index contributed by atoms with van der Waals surface area (Å²) in [5.41, 5.74) is 0.772. The predicted octanol–water partition coefficient (Wildman–Crippen LogP) is 2.77. The zero-order valence-corrected chi connectivity index (χ0v) is 11.6. The van der Waals surface area contributed by atoms with Crippen molar-refractivity contribution in [3.05, 3.63) is 36.6 Å². The van der Waals surface area contributed by atoms with Crippen molar-refractivity contribution in [1.29, 1.82) is 0 Å². The molecule has 0 radical (unpaired) electrons. The van der Waals surface area contributed by atoms with Crippen LogP contribution < -0.4 is 4.90 Å². The number of esters is 1. The van der Waals surface area contributed by atoms with Crippen molar-refractivity contribution >= 4 is 29.5 Å². The van der Waals surface area contributed by atoms with Gasteiger partial charge in [0.25, 0.3) is 0 Å². The molecule has 2 aliphatic rings. The van der Waals surface area contributed by atoms with Crippen LogP contribution >= 0.6 is 11.8 Å². The average Bonchev–Trinajstić information content (AvgIpc) is 3.01. The summed E-state index contributed by atoms with van der Waals surface area (Å²) in [5.74, 6) is -0.818. The van der Waals surface area contributed by atoms with Crippen LogP contribution in [0.2, 0.25) is 0 Å². The molecule has 0 aromatic heterocycles. The molecule has 2 heterocycles. The Morgan fingerprint density at radius 3 is 2.95 bits per heavy atom. The topological polar surface area (TPSA) is 55.8 Å². The van der Waals surface area contributed by atoms with E-state index in [1.54, 1.807) is 13.0 Å². The van der Waals surface area contributed by atoms with E-state index in [0.717, 1.165) is 10.6 Å². The Balaban J connectivity index is 1.96. The van der Waals surface area contributed by atoms with Gasteiger partial charge in [-0.1, -0.05) is 23.9 Å².